The Balaban J connectivity index is 2.18. The number of hydrogen-bond acceptors (Lipinski definition) is 7. The summed E-state index contributed by atoms with van der Waals surface area (Å²) in [7, 11) is 0. The summed E-state index contributed by atoms with van der Waals surface area (Å²) in [6, 6.07) is 2.07. The molecule has 2 aromatic rings. The molecule has 6 nitrogen and oxygen atoms in total. The van der Waals surface area contributed by atoms with Gasteiger partial charge in [0.1, 0.15) is 11.4 Å². The van der Waals surface area contributed by atoms with Gasteiger partial charge in [0, 0.05) is 4.88 Å². The van der Waals surface area contributed by atoms with Crippen LogP contribution < -0.4 is 16.0 Å². The van der Waals surface area contributed by atoms with Crippen LogP contribution in [0.1, 0.15) is 25.6 Å². The summed E-state index contributed by atoms with van der Waals surface area (Å²) >= 11 is 1.63. The maximum atomic E-state index is 5.71. The first kappa shape index (κ1) is 15.0. The molecule has 0 spiro atoms. The minimum absolute atomic E-state index is 0.193. The second-order valence-electron chi connectivity index (χ2n) is 4.55. The molecule has 2 heterocycles. The quantitative estimate of drug-likeness (QED) is 0.463. The topological polar surface area (TPSA) is 82.3 Å². The highest BCUT2D eigenvalue weighted by atomic mass is 32.1. The molecule has 0 aliphatic heterocycles. The van der Waals surface area contributed by atoms with Crippen LogP contribution in [0.25, 0.3) is 10.2 Å². The highest BCUT2D eigenvalue weighted by Crippen LogP contribution is 2.31. The average molecular weight is 296 g/mol. The van der Waals surface area contributed by atoms with Crippen LogP contribution in [-0.2, 0) is 11.2 Å². The molecule has 0 atom stereocenters. The minimum Gasteiger partial charge on any atom is -0.475 e. The number of aryl methyl sites for hydroxylation is 1. The van der Waals surface area contributed by atoms with Gasteiger partial charge in [-0.25, -0.2) is 10.8 Å². The van der Waals surface area contributed by atoms with Crippen molar-refractivity contribution in [3.8, 4) is 5.88 Å². The molecular weight excluding hydrogens is 276 g/mol. The van der Waals surface area contributed by atoms with Gasteiger partial charge < -0.3 is 9.47 Å². The molecule has 0 bridgehead atoms. The average Bonchev–Trinajstić information content (AvgIpc) is 2.86. The number of nitrogens with two attached hydrogens (primary N) is 1. The van der Waals surface area contributed by atoms with Crippen molar-refractivity contribution >= 4 is 27.5 Å². The van der Waals surface area contributed by atoms with E-state index in [0.717, 1.165) is 16.6 Å². The number of anilines is 1. The van der Waals surface area contributed by atoms with E-state index in [2.05, 4.69) is 28.4 Å². The molecule has 0 aliphatic rings. The fourth-order valence-electron chi connectivity index (χ4n) is 1.72. The van der Waals surface area contributed by atoms with E-state index in [0.29, 0.717) is 25.0 Å². The first-order valence-corrected chi connectivity index (χ1v) is 7.47. The monoisotopic (exact) mass is 296 g/mol. The van der Waals surface area contributed by atoms with Crippen molar-refractivity contribution in [1.82, 2.24) is 9.97 Å². The Morgan fingerprint density at radius 2 is 2.15 bits per heavy atom. The summed E-state index contributed by atoms with van der Waals surface area (Å²) in [4.78, 5) is 10.7. The summed E-state index contributed by atoms with van der Waals surface area (Å²) in [5.41, 5.74) is 2.47. The lowest BCUT2D eigenvalue weighted by Crippen LogP contribution is -2.14. The Kier molecular flexibility index (Phi) is 5.11. The van der Waals surface area contributed by atoms with E-state index in [1.165, 1.54) is 4.88 Å². The van der Waals surface area contributed by atoms with E-state index >= 15 is 0 Å². The summed E-state index contributed by atoms with van der Waals surface area (Å²) in [6.07, 6.45) is 1.15. The van der Waals surface area contributed by atoms with Crippen molar-refractivity contribution in [2.75, 3.05) is 18.6 Å². The predicted molar refractivity (Wildman–Crippen MR) is 81.2 cm³/mol. The van der Waals surface area contributed by atoms with E-state index in [4.69, 9.17) is 15.3 Å². The smallest absolute Gasteiger partial charge is 0.241 e. The number of hydrazine groups is 1. The molecule has 2 aromatic heterocycles. The number of thiophene rings is 1. The third-order valence-electron chi connectivity index (χ3n) is 2.66. The van der Waals surface area contributed by atoms with Crippen molar-refractivity contribution in [2.45, 2.75) is 33.3 Å². The molecule has 20 heavy (non-hydrogen) atoms. The first-order chi connectivity index (χ1) is 9.63. The predicted octanol–water partition coefficient (Wildman–Crippen LogP) is 2.34. The van der Waals surface area contributed by atoms with E-state index in [1.54, 1.807) is 11.3 Å². The standard InChI is InChI=1S/C13H20N4O2S/c1-4-9-7-10-11(19-6-5-18-8(2)3)15-13(17-14)16-12(10)20-9/h7-8H,4-6,14H2,1-3H3,(H,15,16,17). The lowest BCUT2D eigenvalue weighted by atomic mass is 10.3. The molecule has 0 amide bonds. The molecule has 0 radical (unpaired) electrons. The third kappa shape index (κ3) is 3.56. The Morgan fingerprint density at radius 1 is 1.35 bits per heavy atom. The highest BCUT2D eigenvalue weighted by Gasteiger charge is 2.12. The molecule has 0 aromatic carbocycles. The number of aromatic nitrogens is 2. The van der Waals surface area contributed by atoms with E-state index in [1.807, 2.05) is 13.8 Å². The Morgan fingerprint density at radius 3 is 2.80 bits per heavy atom. The van der Waals surface area contributed by atoms with Crippen LogP contribution >= 0.6 is 11.3 Å². The highest BCUT2D eigenvalue weighted by molar-refractivity contribution is 7.18. The summed E-state index contributed by atoms with van der Waals surface area (Å²) in [6.45, 7) is 7.07. The van der Waals surface area contributed by atoms with E-state index in [-0.39, 0.29) is 6.10 Å². The van der Waals surface area contributed by atoms with Crippen molar-refractivity contribution in [3.05, 3.63) is 10.9 Å². The van der Waals surface area contributed by atoms with Gasteiger partial charge in [-0.2, -0.15) is 4.98 Å². The third-order valence-corrected chi connectivity index (χ3v) is 3.83. The van der Waals surface area contributed by atoms with Gasteiger partial charge in [-0.15, -0.1) is 11.3 Å². The van der Waals surface area contributed by atoms with Crippen LogP contribution in [0.3, 0.4) is 0 Å². The molecule has 0 fully saturated rings. The lowest BCUT2D eigenvalue weighted by Gasteiger charge is -2.10. The number of nitrogens with zero attached hydrogens (tertiary/aromatic N) is 2. The number of nitrogens with one attached hydrogen (secondary N) is 1. The van der Waals surface area contributed by atoms with Crippen LogP contribution in [0.4, 0.5) is 5.95 Å². The van der Waals surface area contributed by atoms with Gasteiger partial charge in [0.25, 0.3) is 0 Å². The number of rotatable bonds is 7. The molecule has 110 valence electrons. The Hall–Kier alpha value is -1.44. The van der Waals surface area contributed by atoms with Gasteiger partial charge in [0.2, 0.25) is 11.8 Å². The Labute approximate surface area is 122 Å². The van der Waals surface area contributed by atoms with Gasteiger partial charge in [-0.05, 0) is 26.3 Å². The second kappa shape index (κ2) is 6.83. The molecule has 0 saturated carbocycles. The first-order valence-electron chi connectivity index (χ1n) is 6.65. The SMILES string of the molecule is CCc1cc2c(OCCOC(C)C)nc(NN)nc2s1. The Bertz CT molecular complexity index is 571. The lowest BCUT2D eigenvalue weighted by molar-refractivity contribution is 0.0546. The normalized spacial score (nSPS) is 11.2. The zero-order valence-corrected chi connectivity index (χ0v) is 12.8. The fourth-order valence-corrected chi connectivity index (χ4v) is 2.67. The van der Waals surface area contributed by atoms with Gasteiger partial charge in [-0.1, -0.05) is 6.92 Å². The van der Waals surface area contributed by atoms with Crippen LogP contribution in [0.5, 0.6) is 5.88 Å². The molecule has 0 aliphatic carbocycles. The molecule has 3 N–H and O–H groups in total. The largest absolute Gasteiger partial charge is 0.475 e. The van der Waals surface area contributed by atoms with Crippen LogP contribution in [0.15, 0.2) is 6.07 Å². The number of ether oxygens (including phenoxy) is 2. The molecule has 2 rings (SSSR count). The number of hydrogen-bond donors (Lipinski definition) is 2. The molecule has 0 saturated heterocycles. The molecule has 0 unspecified atom stereocenters. The van der Waals surface area contributed by atoms with Crippen LogP contribution in [-0.4, -0.2) is 29.3 Å². The minimum atomic E-state index is 0.193. The molecule has 7 heteroatoms. The van der Waals surface area contributed by atoms with Crippen molar-refractivity contribution in [2.24, 2.45) is 5.84 Å². The number of fused-ring (bicyclic) bond motifs is 1. The van der Waals surface area contributed by atoms with Gasteiger partial charge in [-0.3, -0.25) is 5.43 Å². The summed E-state index contributed by atoms with van der Waals surface area (Å²) < 4.78 is 11.2. The molecular formula is C13H20N4O2S. The summed E-state index contributed by atoms with van der Waals surface area (Å²) in [5, 5.41) is 0.926. The fraction of sp³-hybridized carbons (Fsp3) is 0.538. The summed E-state index contributed by atoms with van der Waals surface area (Å²) in [5.74, 6) is 6.30. The van der Waals surface area contributed by atoms with E-state index in [9.17, 15) is 0 Å². The van der Waals surface area contributed by atoms with Crippen molar-refractivity contribution in [3.63, 3.8) is 0 Å². The van der Waals surface area contributed by atoms with Crippen LogP contribution in [0, 0.1) is 0 Å². The number of nitrogen functional groups attached to an aromatic ring is 1. The maximum Gasteiger partial charge on any atom is 0.241 e. The van der Waals surface area contributed by atoms with Gasteiger partial charge >= 0.3 is 0 Å². The van der Waals surface area contributed by atoms with E-state index < -0.39 is 0 Å². The van der Waals surface area contributed by atoms with Crippen LogP contribution in [0.2, 0.25) is 0 Å². The zero-order chi connectivity index (χ0) is 14.5. The second-order valence-corrected chi connectivity index (χ2v) is 5.67. The van der Waals surface area contributed by atoms with Gasteiger partial charge in [0.15, 0.2) is 0 Å². The van der Waals surface area contributed by atoms with Gasteiger partial charge in [0.05, 0.1) is 18.1 Å². The van der Waals surface area contributed by atoms with Crippen molar-refractivity contribution < 1.29 is 9.47 Å². The van der Waals surface area contributed by atoms with Crippen molar-refractivity contribution in [1.29, 1.82) is 0 Å². The zero-order valence-electron chi connectivity index (χ0n) is 12.0. The maximum absolute atomic E-state index is 5.71.